The Balaban J connectivity index is 2.14. The predicted octanol–water partition coefficient (Wildman–Crippen LogP) is 4.99. The maximum atomic E-state index is 5.86. The quantitative estimate of drug-likeness (QED) is 0.608. The molecule has 2 rings (SSSR count). The van der Waals surface area contributed by atoms with Crippen molar-refractivity contribution >= 4 is 8.53 Å². The summed E-state index contributed by atoms with van der Waals surface area (Å²) in [5, 5.41) is 0. The van der Waals surface area contributed by atoms with Gasteiger partial charge in [0, 0.05) is 13.1 Å². The van der Waals surface area contributed by atoms with Crippen LogP contribution < -0.4 is 0 Å². The number of hydrogen-bond donors (Lipinski definition) is 0. The second-order valence-corrected chi connectivity index (χ2v) is 6.43. The van der Waals surface area contributed by atoms with Gasteiger partial charge in [0.1, 0.15) is 0 Å². The third kappa shape index (κ3) is 5.51. The van der Waals surface area contributed by atoms with Crippen molar-refractivity contribution in [1.29, 1.82) is 0 Å². The fraction of sp³-hybridized carbons (Fsp3) is 0.333. The van der Waals surface area contributed by atoms with Gasteiger partial charge in [-0.15, -0.1) is 0 Å². The minimum Gasteiger partial charge on any atom is -0.322 e. The molecule has 118 valence electrons. The largest absolute Gasteiger partial charge is 0.322 e. The van der Waals surface area contributed by atoms with Crippen molar-refractivity contribution < 1.29 is 9.05 Å². The lowest BCUT2D eigenvalue weighted by atomic mass is 10.2. The molecule has 0 amide bonds. The highest BCUT2D eigenvalue weighted by atomic mass is 31.2. The van der Waals surface area contributed by atoms with Gasteiger partial charge in [-0.05, 0) is 25.0 Å². The maximum absolute atomic E-state index is 5.86. The zero-order chi connectivity index (χ0) is 15.6. The van der Waals surface area contributed by atoms with Crippen molar-refractivity contribution in [1.82, 2.24) is 4.67 Å². The van der Waals surface area contributed by atoms with E-state index in [9.17, 15) is 0 Å². The molecule has 0 aromatic heterocycles. The van der Waals surface area contributed by atoms with Gasteiger partial charge >= 0.3 is 0 Å². The first kappa shape index (κ1) is 17.1. The molecule has 0 aliphatic heterocycles. The van der Waals surface area contributed by atoms with Gasteiger partial charge in [0.2, 0.25) is 0 Å². The molecule has 0 spiro atoms. The second kappa shape index (κ2) is 9.70. The topological polar surface area (TPSA) is 21.7 Å². The standard InChI is InChI=1S/C18H24NO2P/c1-3-20-22(21-4-2)19(15-17-11-7-5-8-12-17)16-18-13-9-6-10-14-18/h5-14H,3-4,15-16H2,1-2H3. The van der Waals surface area contributed by atoms with Crippen LogP contribution in [0.1, 0.15) is 25.0 Å². The third-order valence-electron chi connectivity index (χ3n) is 3.13. The predicted molar refractivity (Wildman–Crippen MR) is 92.3 cm³/mol. The highest BCUT2D eigenvalue weighted by Gasteiger charge is 2.21. The summed E-state index contributed by atoms with van der Waals surface area (Å²) >= 11 is 0. The van der Waals surface area contributed by atoms with Crippen LogP contribution in [0.3, 0.4) is 0 Å². The summed E-state index contributed by atoms with van der Waals surface area (Å²) in [6, 6.07) is 20.9. The lowest BCUT2D eigenvalue weighted by molar-refractivity contribution is 0.212. The zero-order valence-corrected chi connectivity index (χ0v) is 14.2. The molecule has 3 nitrogen and oxygen atoms in total. The summed E-state index contributed by atoms with van der Waals surface area (Å²) in [5.74, 6) is 0. The van der Waals surface area contributed by atoms with Gasteiger partial charge in [-0.1, -0.05) is 60.7 Å². The minimum absolute atomic E-state index is 0.659. The van der Waals surface area contributed by atoms with Crippen LogP contribution in [-0.2, 0) is 22.1 Å². The highest BCUT2D eigenvalue weighted by molar-refractivity contribution is 7.44. The van der Waals surface area contributed by atoms with E-state index in [1.165, 1.54) is 11.1 Å². The summed E-state index contributed by atoms with van der Waals surface area (Å²) in [6.45, 7) is 6.98. The molecule has 0 N–H and O–H groups in total. The number of rotatable bonds is 9. The molecule has 22 heavy (non-hydrogen) atoms. The summed E-state index contributed by atoms with van der Waals surface area (Å²) < 4.78 is 14.0. The molecular formula is C18H24NO2P. The average Bonchev–Trinajstić information content (AvgIpc) is 2.56. The Morgan fingerprint density at radius 1 is 0.727 bits per heavy atom. The van der Waals surface area contributed by atoms with Gasteiger partial charge in [-0.25, -0.2) is 4.67 Å². The monoisotopic (exact) mass is 317 g/mol. The SMILES string of the molecule is CCOP(OCC)N(Cc1ccccc1)Cc1ccccc1. The normalized spacial score (nSPS) is 11.3. The number of benzene rings is 2. The van der Waals surface area contributed by atoms with Crippen LogP contribution in [0.5, 0.6) is 0 Å². The molecule has 0 aliphatic carbocycles. The van der Waals surface area contributed by atoms with Gasteiger partial charge in [-0.2, -0.15) is 0 Å². The third-order valence-corrected chi connectivity index (χ3v) is 4.83. The van der Waals surface area contributed by atoms with E-state index in [2.05, 4.69) is 53.2 Å². The van der Waals surface area contributed by atoms with E-state index >= 15 is 0 Å². The Morgan fingerprint density at radius 2 is 1.14 bits per heavy atom. The van der Waals surface area contributed by atoms with Gasteiger partial charge in [-0.3, -0.25) is 0 Å². The molecule has 0 fully saturated rings. The molecular weight excluding hydrogens is 293 g/mol. The lowest BCUT2D eigenvalue weighted by Gasteiger charge is -2.29. The summed E-state index contributed by atoms with van der Waals surface area (Å²) in [4.78, 5) is 0. The van der Waals surface area contributed by atoms with Crippen molar-refractivity contribution in [2.24, 2.45) is 0 Å². The van der Waals surface area contributed by atoms with Gasteiger partial charge in [0.05, 0.1) is 13.2 Å². The van der Waals surface area contributed by atoms with Crippen LogP contribution in [0.25, 0.3) is 0 Å². The molecule has 2 aromatic rings. The van der Waals surface area contributed by atoms with Gasteiger partial charge in [0.15, 0.2) is 0 Å². The lowest BCUT2D eigenvalue weighted by Crippen LogP contribution is -2.20. The molecule has 0 unspecified atom stereocenters. The number of nitrogens with zero attached hydrogens (tertiary/aromatic N) is 1. The van der Waals surface area contributed by atoms with E-state index in [1.807, 2.05) is 26.0 Å². The van der Waals surface area contributed by atoms with Crippen LogP contribution in [0.2, 0.25) is 0 Å². The van der Waals surface area contributed by atoms with Crippen molar-refractivity contribution in [3.05, 3.63) is 71.8 Å². The first-order chi connectivity index (χ1) is 10.8. The first-order valence-corrected chi connectivity index (χ1v) is 8.85. The second-order valence-electron chi connectivity index (χ2n) is 4.87. The zero-order valence-electron chi connectivity index (χ0n) is 13.3. The number of hydrogen-bond acceptors (Lipinski definition) is 3. The van der Waals surface area contributed by atoms with Crippen LogP contribution in [0, 0.1) is 0 Å². The van der Waals surface area contributed by atoms with Crippen LogP contribution in [0.4, 0.5) is 0 Å². The highest BCUT2D eigenvalue weighted by Crippen LogP contribution is 2.44. The minimum atomic E-state index is -1.04. The molecule has 0 heterocycles. The van der Waals surface area contributed by atoms with Gasteiger partial charge < -0.3 is 9.05 Å². The van der Waals surface area contributed by atoms with E-state index in [0.29, 0.717) is 13.2 Å². The summed E-state index contributed by atoms with van der Waals surface area (Å²) in [7, 11) is -1.04. The van der Waals surface area contributed by atoms with Crippen molar-refractivity contribution in [2.45, 2.75) is 26.9 Å². The van der Waals surface area contributed by atoms with E-state index in [-0.39, 0.29) is 0 Å². The Hall–Kier alpha value is -1.25. The molecule has 0 saturated carbocycles. The fourth-order valence-corrected chi connectivity index (χ4v) is 3.58. The van der Waals surface area contributed by atoms with E-state index < -0.39 is 8.53 Å². The van der Waals surface area contributed by atoms with E-state index in [0.717, 1.165) is 13.1 Å². The van der Waals surface area contributed by atoms with Crippen molar-refractivity contribution in [3.8, 4) is 0 Å². The first-order valence-electron chi connectivity index (χ1n) is 7.72. The summed E-state index contributed by atoms with van der Waals surface area (Å²) in [6.07, 6.45) is 0. The average molecular weight is 317 g/mol. The Bertz CT molecular complexity index is 474. The Morgan fingerprint density at radius 3 is 1.50 bits per heavy atom. The molecule has 0 radical (unpaired) electrons. The molecule has 0 saturated heterocycles. The molecule has 0 bridgehead atoms. The molecule has 0 atom stereocenters. The summed E-state index contributed by atoms with van der Waals surface area (Å²) in [5.41, 5.74) is 2.54. The maximum Gasteiger partial charge on any atom is 0.259 e. The van der Waals surface area contributed by atoms with E-state index in [4.69, 9.17) is 9.05 Å². The van der Waals surface area contributed by atoms with Crippen LogP contribution in [-0.4, -0.2) is 17.9 Å². The van der Waals surface area contributed by atoms with Gasteiger partial charge in [0.25, 0.3) is 8.53 Å². The molecule has 4 heteroatoms. The molecule has 2 aromatic carbocycles. The van der Waals surface area contributed by atoms with Crippen LogP contribution in [0.15, 0.2) is 60.7 Å². The Labute approximate surface area is 134 Å². The fourth-order valence-electron chi connectivity index (χ4n) is 2.18. The van der Waals surface area contributed by atoms with Crippen molar-refractivity contribution in [3.63, 3.8) is 0 Å². The van der Waals surface area contributed by atoms with Crippen molar-refractivity contribution in [2.75, 3.05) is 13.2 Å². The molecule has 0 aliphatic rings. The van der Waals surface area contributed by atoms with Crippen LogP contribution >= 0.6 is 8.53 Å². The van der Waals surface area contributed by atoms with E-state index in [1.54, 1.807) is 0 Å². The Kier molecular flexibility index (Phi) is 7.55. The smallest absolute Gasteiger partial charge is 0.259 e.